The lowest BCUT2D eigenvalue weighted by Gasteiger charge is -2.06. The third-order valence-electron chi connectivity index (χ3n) is 2.49. The Hall–Kier alpha value is -0.600. The Morgan fingerprint density at radius 1 is 1.50 bits per heavy atom. The van der Waals surface area contributed by atoms with Crippen LogP contribution < -0.4 is 5.32 Å². The molecular weight excluding hydrogens is 174 g/mol. The summed E-state index contributed by atoms with van der Waals surface area (Å²) in [5, 5.41) is 11.7. The maximum absolute atomic E-state index is 8.56. The van der Waals surface area contributed by atoms with Gasteiger partial charge in [-0.15, -0.1) is 0 Å². The number of hydrogen-bond acceptors (Lipinski definition) is 2. The highest BCUT2D eigenvalue weighted by Gasteiger charge is 2.34. The molecule has 2 aliphatic carbocycles. The fraction of sp³-hybridized carbons (Fsp3) is 0.667. The Morgan fingerprint density at radius 2 is 2.29 bits per heavy atom. The Labute approximate surface area is 88.2 Å². The Bertz CT molecular complexity index is 226. The minimum absolute atomic E-state index is 0. The van der Waals surface area contributed by atoms with Gasteiger partial charge in [-0.1, -0.05) is 32.1 Å². The van der Waals surface area contributed by atoms with Crippen molar-refractivity contribution in [3.63, 3.8) is 0 Å². The molecule has 0 aromatic carbocycles. The van der Waals surface area contributed by atoms with E-state index in [9.17, 15) is 0 Å². The van der Waals surface area contributed by atoms with E-state index in [1.165, 1.54) is 12.0 Å². The summed E-state index contributed by atoms with van der Waals surface area (Å²) in [5.74, 6) is 1.69. The molecule has 0 spiro atoms. The van der Waals surface area contributed by atoms with Gasteiger partial charge in [-0.05, 0) is 23.8 Å². The zero-order valence-electron chi connectivity index (χ0n) is 9.16. The molecule has 0 aromatic rings. The Morgan fingerprint density at radius 3 is 2.93 bits per heavy atom. The molecule has 0 aliphatic heterocycles. The highest BCUT2D eigenvalue weighted by Crippen LogP contribution is 2.43. The third-order valence-corrected chi connectivity index (χ3v) is 2.49. The fourth-order valence-corrected chi connectivity index (χ4v) is 1.66. The second kappa shape index (κ2) is 5.99. The lowest BCUT2D eigenvalue weighted by atomic mass is 10.1. The first-order valence-electron chi connectivity index (χ1n) is 5.60. The summed E-state index contributed by atoms with van der Waals surface area (Å²) in [5.41, 5.74) is 1.38. The summed E-state index contributed by atoms with van der Waals surface area (Å²) >= 11 is 0. The first kappa shape index (κ1) is 11.5. The van der Waals surface area contributed by atoms with Gasteiger partial charge in [0.05, 0.1) is 6.61 Å². The van der Waals surface area contributed by atoms with Crippen molar-refractivity contribution in [3.8, 4) is 0 Å². The number of aliphatic hydroxyl groups excluding tert-OH is 1. The quantitative estimate of drug-likeness (QED) is 0.675. The molecule has 0 radical (unpaired) electrons. The van der Waals surface area contributed by atoms with Gasteiger partial charge >= 0.3 is 0 Å². The van der Waals surface area contributed by atoms with Crippen LogP contribution in [0.3, 0.4) is 0 Å². The average Bonchev–Trinajstić information content (AvgIpc) is 2.99. The van der Waals surface area contributed by atoms with Crippen molar-refractivity contribution >= 4 is 0 Å². The van der Waals surface area contributed by atoms with E-state index in [0.717, 1.165) is 18.4 Å². The minimum Gasteiger partial charge on any atom is -0.395 e. The van der Waals surface area contributed by atoms with Crippen LogP contribution in [0.2, 0.25) is 0 Å². The average molecular weight is 197 g/mol. The molecule has 82 valence electrons. The van der Waals surface area contributed by atoms with E-state index in [4.69, 9.17) is 5.11 Å². The Balaban J connectivity index is 0.000000617. The number of fused-ring (bicyclic) bond motifs is 1. The van der Waals surface area contributed by atoms with Crippen LogP contribution >= 0.6 is 0 Å². The van der Waals surface area contributed by atoms with Crippen molar-refractivity contribution in [2.24, 2.45) is 11.8 Å². The molecule has 2 atom stereocenters. The van der Waals surface area contributed by atoms with E-state index in [2.05, 4.69) is 23.5 Å². The standard InChI is InChI=1S/C10H15NO.C2H6.H2/c12-4-3-11-7-8-1-2-9-6-10(9)5-8;1-2;/h1-2,5,9-12H,3-4,6-7H2;1-2H3;1H. The number of aliphatic hydroxyl groups is 1. The molecule has 0 heterocycles. The second-order valence-electron chi connectivity index (χ2n) is 3.56. The van der Waals surface area contributed by atoms with Crippen molar-refractivity contribution in [2.45, 2.75) is 20.3 Å². The van der Waals surface area contributed by atoms with E-state index >= 15 is 0 Å². The molecule has 1 saturated carbocycles. The first-order valence-corrected chi connectivity index (χ1v) is 5.60. The monoisotopic (exact) mass is 197 g/mol. The van der Waals surface area contributed by atoms with E-state index < -0.39 is 0 Å². The van der Waals surface area contributed by atoms with Gasteiger partial charge in [0.2, 0.25) is 0 Å². The van der Waals surface area contributed by atoms with Crippen molar-refractivity contribution in [3.05, 3.63) is 23.8 Å². The highest BCUT2D eigenvalue weighted by molar-refractivity contribution is 5.31. The van der Waals surface area contributed by atoms with Crippen molar-refractivity contribution in [2.75, 3.05) is 19.7 Å². The van der Waals surface area contributed by atoms with Gasteiger partial charge in [-0.2, -0.15) is 0 Å². The van der Waals surface area contributed by atoms with E-state index in [1.807, 2.05) is 13.8 Å². The third kappa shape index (κ3) is 3.28. The van der Waals surface area contributed by atoms with Gasteiger partial charge in [0.15, 0.2) is 0 Å². The molecular formula is C12H23NO. The molecule has 1 fully saturated rings. The summed E-state index contributed by atoms with van der Waals surface area (Å²) in [7, 11) is 0. The van der Waals surface area contributed by atoms with Crippen LogP contribution in [0.15, 0.2) is 23.8 Å². The van der Waals surface area contributed by atoms with Gasteiger partial charge in [-0.25, -0.2) is 0 Å². The maximum Gasteiger partial charge on any atom is 0.0556 e. The summed E-state index contributed by atoms with van der Waals surface area (Å²) in [4.78, 5) is 0. The second-order valence-corrected chi connectivity index (χ2v) is 3.56. The van der Waals surface area contributed by atoms with Gasteiger partial charge < -0.3 is 10.4 Å². The molecule has 2 N–H and O–H groups in total. The van der Waals surface area contributed by atoms with Gasteiger partial charge in [0.25, 0.3) is 0 Å². The van der Waals surface area contributed by atoms with E-state index in [1.54, 1.807) is 0 Å². The van der Waals surface area contributed by atoms with Gasteiger partial charge in [-0.3, -0.25) is 0 Å². The molecule has 2 aliphatic rings. The van der Waals surface area contributed by atoms with Crippen LogP contribution in [-0.4, -0.2) is 24.8 Å². The van der Waals surface area contributed by atoms with Crippen LogP contribution in [0.5, 0.6) is 0 Å². The van der Waals surface area contributed by atoms with Gasteiger partial charge in [0, 0.05) is 14.5 Å². The van der Waals surface area contributed by atoms with Crippen LogP contribution in [0, 0.1) is 11.8 Å². The number of hydrogen-bond donors (Lipinski definition) is 2. The Kier molecular flexibility index (Phi) is 4.91. The number of rotatable bonds is 4. The van der Waals surface area contributed by atoms with Crippen LogP contribution in [0.25, 0.3) is 0 Å². The molecule has 14 heavy (non-hydrogen) atoms. The maximum atomic E-state index is 8.56. The predicted molar refractivity (Wildman–Crippen MR) is 62.2 cm³/mol. The number of nitrogens with one attached hydrogen (secondary N) is 1. The number of allylic oxidation sites excluding steroid dienone is 2. The van der Waals surface area contributed by atoms with Crippen LogP contribution in [0.4, 0.5) is 0 Å². The topological polar surface area (TPSA) is 32.3 Å². The predicted octanol–water partition coefficient (Wildman–Crippen LogP) is 1.97. The van der Waals surface area contributed by atoms with Crippen molar-refractivity contribution < 1.29 is 6.53 Å². The zero-order valence-corrected chi connectivity index (χ0v) is 9.16. The largest absolute Gasteiger partial charge is 0.395 e. The zero-order chi connectivity index (χ0) is 10.4. The van der Waals surface area contributed by atoms with Gasteiger partial charge in [0.1, 0.15) is 0 Å². The highest BCUT2D eigenvalue weighted by atomic mass is 16.3. The summed E-state index contributed by atoms with van der Waals surface area (Å²) in [6.45, 7) is 5.82. The molecule has 2 heteroatoms. The lowest BCUT2D eigenvalue weighted by Crippen LogP contribution is -2.20. The first-order chi connectivity index (χ1) is 6.90. The summed E-state index contributed by atoms with van der Waals surface area (Å²) in [6, 6.07) is 0. The smallest absolute Gasteiger partial charge is 0.0556 e. The SMILES string of the molecule is CC.OCCNCC1=CC2CC2C=C1.[HH]. The van der Waals surface area contributed by atoms with Crippen molar-refractivity contribution in [1.29, 1.82) is 0 Å². The molecule has 2 rings (SSSR count). The molecule has 2 nitrogen and oxygen atoms in total. The van der Waals surface area contributed by atoms with Crippen LogP contribution in [0.1, 0.15) is 21.7 Å². The molecule has 0 aromatic heterocycles. The fourth-order valence-electron chi connectivity index (χ4n) is 1.66. The van der Waals surface area contributed by atoms with E-state index in [-0.39, 0.29) is 8.03 Å². The summed E-state index contributed by atoms with van der Waals surface area (Å²) < 4.78 is 0. The molecule has 0 saturated heterocycles. The normalized spacial score (nSPS) is 27.2. The summed E-state index contributed by atoms with van der Waals surface area (Å²) in [6.07, 6.45) is 8.22. The van der Waals surface area contributed by atoms with Crippen molar-refractivity contribution in [1.82, 2.24) is 5.32 Å². The van der Waals surface area contributed by atoms with Crippen LogP contribution in [-0.2, 0) is 0 Å². The molecule has 2 unspecified atom stereocenters. The van der Waals surface area contributed by atoms with E-state index in [0.29, 0.717) is 6.54 Å². The molecule has 0 bridgehead atoms. The molecule has 0 amide bonds. The minimum atomic E-state index is 0. The lowest BCUT2D eigenvalue weighted by molar-refractivity contribution is 0.294.